The van der Waals surface area contributed by atoms with Crippen LogP contribution in [0, 0.1) is 0 Å². The van der Waals surface area contributed by atoms with E-state index in [4.69, 9.17) is 16.2 Å². The van der Waals surface area contributed by atoms with Crippen LogP contribution in [0.25, 0.3) is 0 Å². The van der Waals surface area contributed by atoms with Gasteiger partial charge >= 0.3 is 0 Å². The predicted molar refractivity (Wildman–Crippen MR) is 81.8 cm³/mol. The lowest BCUT2D eigenvalue weighted by Gasteiger charge is -2.23. The summed E-state index contributed by atoms with van der Waals surface area (Å²) in [5.41, 5.74) is 0.688. The molecule has 0 amide bonds. The minimum absolute atomic E-state index is 0.578. The van der Waals surface area contributed by atoms with Gasteiger partial charge in [0.25, 0.3) is 0 Å². The van der Waals surface area contributed by atoms with Crippen molar-refractivity contribution in [3.8, 4) is 0 Å². The van der Waals surface area contributed by atoms with Gasteiger partial charge in [-0.25, -0.2) is 0 Å². The van der Waals surface area contributed by atoms with Gasteiger partial charge in [0.05, 0.1) is 0 Å². The van der Waals surface area contributed by atoms with Crippen LogP contribution in [-0.4, -0.2) is 33.6 Å². The SMILES string of the molecule is CC(B(CC[Si](C)N)CC[Si](C)N)[Si](C)N. The third-order valence-electron chi connectivity index (χ3n) is 3.24. The van der Waals surface area contributed by atoms with Gasteiger partial charge in [0.15, 0.2) is 0 Å². The van der Waals surface area contributed by atoms with Crippen molar-refractivity contribution in [3.05, 3.63) is 0 Å². The molecule has 1 atom stereocenters. The first-order valence-electron chi connectivity index (χ1n) is 6.09. The minimum Gasteiger partial charge on any atom is -0.352 e. The molecule has 0 aliphatic carbocycles. The Morgan fingerprint density at radius 3 is 1.56 bits per heavy atom. The smallest absolute Gasteiger partial charge is 0.140 e. The van der Waals surface area contributed by atoms with Crippen LogP contribution in [0.15, 0.2) is 0 Å². The molecule has 0 heterocycles. The molecule has 0 saturated heterocycles. The Bertz CT molecular complexity index is 169. The van der Waals surface area contributed by atoms with Gasteiger partial charge in [0.2, 0.25) is 0 Å². The molecule has 0 aromatic carbocycles. The van der Waals surface area contributed by atoms with Gasteiger partial charge in [-0.1, -0.05) is 56.7 Å². The molecule has 0 bridgehead atoms. The molecule has 0 fully saturated rings. The predicted octanol–water partition coefficient (Wildman–Crippen LogP) is 1.15. The molecule has 3 radical (unpaired) electrons. The zero-order valence-corrected chi connectivity index (χ0v) is 14.2. The van der Waals surface area contributed by atoms with E-state index in [-0.39, 0.29) is 0 Å². The van der Waals surface area contributed by atoms with Gasteiger partial charge in [-0.3, -0.25) is 0 Å². The molecule has 3 nitrogen and oxygen atoms in total. The van der Waals surface area contributed by atoms with E-state index in [1.807, 2.05) is 0 Å². The number of nitrogens with two attached hydrogens (primary N) is 3. The Balaban J connectivity index is 4.15. The molecule has 0 aliphatic heterocycles. The van der Waals surface area contributed by atoms with Crippen molar-refractivity contribution in [1.82, 2.24) is 0 Å². The second-order valence-electron chi connectivity index (χ2n) is 5.06. The van der Waals surface area contributed by atoms with E-state index in [0.717, 1.165) is 6.71 Å². The molecule has 0 spiro atoms. The van der Waals surface area contributed by atoms with Crippen LogP contribution in [0.3, 0.4) is 0 Å². The van der Waals surface area contributed by atoms with Crippen LogP contribution in [0.4, 0.5) is 0 Å². The fourth-order valence-electron chi connectivity index (χ4n) is 1.84. The van der Waals surface area contributed by atoms with Gasteiger partial charge in [-0.05, 0) is 0 Å². The Morgan fingerprint density at radius 2 is 1.31 bits per heavy atom. The highest BCUT2D eigenvalue weighted by Crippen LogP contribution is 2.22. The van der Waals surface area contributed by atoms with E-state index in [1.165, 1.54) is 24.7 Å². The summed E-state index contributed by atoms with van der Waals surface area (Å²) in [7, 11) is -1.82. The molecule has 1 unspecified atom stereocenters. The maximum absolute atomic E-state index is 6.11. The number of hydrogen-bond acceptors (Lipinski definition) is 3. The van der Waals surface area contributed by atoms with Gasteiger partial charge in [0, 0.05) is 0 Å². The van der Waals surface area contributed by atoms with Crippen LogP contribution < -0.4 is 16.2 Å². The van der Waals surface area contributed by atoms with E-state index in [9.17, 15) is 0 Å². The summed E-state index contributed by atoms with van der Waals surface area (Å²) < 4.78 is 0. The Labute approximate surface area is 107 Å². The monoisotopic (exact) mass is 272 g/mol. The highest BCUT2D eigenvalue weighted by molar-refractivity contribution is 6.79. The minimum atomic E-state index is -0.665. The lowest BCUT2D eigenvalue weighted by Crippen LogP contribution is -2.38. The lowest BCUT2D eigenvalue weighted by molar-refractivity contribution is 1.13. The van der Waals surface area contributed by atoms with Gasteiger partial charge in [0.1, 0.15) is 33.6 Å². The maximum atomic E-state index is 6.11. The van der Waals surface area contributed by atoms with Gasteiger partial charge in [-0.2, -0.15) is 0 Å². The molecule has 0 aromatic rings. The van der Waals surface area contributed by atoms with Crippen molar-refractivity contribution in [1.29, 1.82) is 0 Å². The number of rotatable bonds is 8. The Hall–Kier alpha value is 0.596. The second kappa shape index (κ2) is 8.65. The first-order valence-corrected chi connectivity index (χ1v) is 12.8. The lowest BCUT2D eigenvalue weighted by atomic mass is 9.43. The maximum Gasteiger partial charge on any atom is 0.140 e. The average Bonchev–Trinajstić information content (AvgIpc) is 2.16. The molecule has 6 N–H and O–H groups in total. The topological polar surface area (TPSA) is 78.1 Å². The Morgan fingerprint density at radius 1 is 0.938 bits per heavy atom. The molecule has 93 valence electrons. The van der Waals surface area contributed by atoms with Crippen LogP contribution in [0.1, 0.15) is 6.92 Å². The number of hydrogen-bond donors (Lipinski definition) is 3. The van der Waals surface area contributed by atoms with E-state index >= 15 is 0 Å². The zero-order valence-electron chi connectivity index (χ0n) is 11.2. The van der Waals surface area contributed by atoms with Crippen LogP contribution in [-0.2, 0) is 0 Å². The molecule has 7 heteroatoms. The third kappa shape index (κ3) is 7.80. The third-order valence-corrected chi connectivity index (χ3v) is 7.31. The summed E-state index contributed by atoms with van der Waals surface area (Å²) in [4.78, 5) is 0. The Kier molecular flexibility index (Phi) is 8.97. The molecule has 0 saturated carbocycles. The van der Waals surface area contributed by atoms with E-state index in [1.54, 1.807) is 0 Å². The highest BCUT2D eigenvalue weighted by Gasteiger charge is 2.25. The molecular weight excluding hydrogens is 245 g/mol. The standard InChI is InChI=1S/C9H27BN3Si3/c1-9(16(4)13)10(5-7-14(2)11)6-8-15(3)12/h9H,5-8,11-13H2,1-4H3. The average molecular weight is 272 g/mol. The first-order chi connectivity index (χ1) is 7.34. The fourth-order valence-corrected chi connectivity index (χ4v) is 4.57. The van der Waals surface area contributed by atoms with Gasteiger partial charge < -0.3 is 16.2 Å². The van der Waals surface area contributed by atoms with Crippen LogP contribution in [0.2, 0.25) is 49.8 Å². The molecule has 16 heavy (non-hydrogen) atoms. The molecule has 0 aliphatic rings. The first kappa shape index (κ1) is 16.6. The van der Waals surface area contributed by atoms with E-state index in [0.29, 0.717) is 5.44 Å². The van der Waals surface area contributed by atoms with Crippen molar-refractivity contribution >= 4 is 33.6 Å². The van der Waals surface area contributed by atoms with E-state index < -0.39 is 26.9 Å². The van der Waals surface area contributed by atoms with Crippen molar-refractivity contribution in [2.75, 3.05) is 0 Å². The van der Waals surface area contributed by atoms with Crippen molar-refractivity contribution in [2.24, 2.45) is 16.2 Å². The van der Waals surface area contributed by atoms with Crippen molar-refractivity contribution < 1.29 is 0 Å². The summed E-state index contributed by atoms with van der Waals surface area (Å²) >= 11 is 0. The largest absolute Gasteiger partial charge is 0.352 e. The summed E-state index contributed by atoms with van der Waals surface area (Å²) in [6.07, 6.45) is 2.52. The van der Waals surface area contributed by atoms with Crippen molar-refractivity contribution in [2.45, 2.75) is 56.7 Å². The summed E-state index contributed by atoms with van der Waals surface area (Å²) in [6.45, 7) is 9.66. The zero-order chi connectivity index (χ0) is 12.7. The fraction of sp³-hybridized carbons (Fsp3) is 1.00. The van der Waals surface area contributed by atoms with Crippen molar-refractivity contribution in [3.63, 3.8) is 0 Å². The summed E-state index contributed by atoms with van der Waals surface area (Å²) in [6, 6.07) is 2.43. The molecule has 0 aromatic heterocycles. The van der Waals surface area contributed by atoms with Crippen LogP contribution >= 0.6 is 0 Å². The summed E-state index contributed by atoms with van der Waals surface area (Å²) in [5, 5.41) is 18.0. The summed E-state index contributed by atoms with van der Waals surface area (Å²) in [5.74, 6) is 0. The normalized spacial score (nSPS) is 13.9. The molecular formula is C9H27BN3Si3. The highest BCUT2D eigenvalue weighted by atomic mass is 28.3. The molecule has 0 rings (SSSR count). The van der Waals surface area contributed by atoms with Gasteiger partial charge in [-0.15, -0.1) is 0 Å². The quantitative estimate of drug-likeness (QED) is 0.580. The van der Waals surface area contributed by atoms with E-state index in [2.05, 4.69) is 26.6 Å². The van der Waals surface area contributed by atoms with Crippen LogP contribution in [0.5, 0.6) is 0 Å². The second-order valence-corrected chi connectivity index (χ2v) is 11.8.